The van der Waals surface area contributed by atoms with E-state index in [1.165, 1.54) is 0 Å². The minimum atomic E-state index is 0.628. The molecule has 9 heteroatoms. The van der Waals surface area contributed by atoms with Gasteiger partial charge in [-0.2, -0.15) is 0 Å². The Bertz CT molecular complexity index is 715. The number of aromatic nitrogens is 7. The second-order valence-corrected chi connectivity index (χ2v) is 5.43. The number of hydrogen-bond acceptors (Lipinski definition) is 7. The van der Waals surface area contributed by atoms with E-state index in [4.69, 9.17) is 11.5 Å². The van der Waals surface area contributed by atoms with Gasteiger partial charge in [-0.1, -0.05) is 16.5 Å². The molecule has 0 aromatic carbocycles. The van der Waals surface area contributed by atoms with Crippen molar-refractivity contribution in [1.82, 2.24) is 35.0 Å². The molecule has 24 heavy (non-hydrogen) atoms. The van der Waals surface area contributed by atoms with Crippen molar-refractivity contribution in [3.8, 4) is 22.8 Å². The molecule has 0 saturated heterocycles. The van der Waals surface area contributed by atoms with E-state index in [1.54, 1.807) is 9.36 Å². The Morgan fingerprint density at radius 3 is 1.71 bits per heavy atom. The lowest BCUT2D eigenvalue weighted by Crippen LogP contribution is -2.06. The predicted octanol–water partition coefficient (Wildman–Crippen LogP) is 0.296. The normalized spacial score (nSPS) is 11.1. The fraction of sp³-hybridized carbons (Fsp3) is 0.400. The van der Waals surface area contributed by atoms with Crippen LogP contribution in [-0.4, -0.2) is 48.1 Å². The maximum Gasteiger partial charge on any atom is 0.131 e. The van der Waals surface area contributed by atoms with Gasteiger partial charge in [0.2, 0.25) is 0 Å². The molecule has 0 aliphatic carbocycles. The molecule has 126 valence electrons. The molecule has 0 aliphatic heterocycles. The SMILES string of the molecule is NCCCn1cc(-c2cccc(-c3cn(CCCN)nn3)n2)nn1. The summed E-state index contributed by atoms with van der Waals surface area (Å²) in [5.74, 6) is 0. The van der Waals surface area contributed by atoms with Crippen LogP contribution in [-0.2, 0) is 13.1 Å². The van der Waals surface area contributed by atoms with Gasteiger partial charge in [0.25, 0.3) is 0 Å². The molecule has 0 spiro atoms. The van der Waals surface area contributed by atoms with E-state index < -0.39 is 0 Å². The van der Waals surface area contributed by atoms with Crippen LogP contribution in [0.5, 0.6) is 0 Å². The van der Waals surface area contributed by atoms with Crippen molar-refractivity contribution < 1.29 is 0 Å². The van der Waals surface area contributed by atoms with E-state index in [1.807, 2.05) is 30.6 Å². The van der Waals surface area contributed by atoms with Crippen LogP contribution in [0.15, 0.2) is 30.6 Å². The number of rotatable bonds is 8. The minimum absolute atomic E-state index is 0.628. The first-order valence-corrected chi connectivity index (χ1v) is 7.98. The summed E-state index contributed by atoms with van der Waals surface area (Å²) in [6.07, 6.45) is 5.48. The summed E-state index contributed by atoms with van der Waals surface area (Å²) in [5.41, 5.74) is 14.0. The van der Waals surface area contributed by atoms with Crippen molar-refractivity contribution in [2.75, 3.05) is 13.1 Å². The lowest BCUT2D eigenvalue weighted by Gasteiger charge is -1.99. The molecule has 0 unspecified atom stereocenters. The summed E-state index contributed by atoms with van der Waals surface area (Å²) in [6.45, 7) is 2.75. The van der Waals surface area contributed by atoms with E-state index in [9.17, 15) is 0 Å². The molecule has 0 saturated carbocycles. The third kappa shape index (κ3) is 3.81. The Balaban J connectivity index is 1.78. The maximum atomic E-state index is 5.52. The highest BCUT2D eigenvalue weighted by molar-refractivity contribution is 5.60. The van der Waals surface area contributed by atoms with Crippen molar-refractivity contribution >= 4 is 0 Å². The average Bonchev–Trinajstić information content (AvgIpc) is 3.28. The molecular formula is C15H21N9. The Kier molecular flexibility index (Phi) is 5.24. The first-order chi connectivity index (χ1) is 11.8. The molecule has 4 N–H and O–H groups in total. The topological polar surface area (TPSA) is 126 Å². The smallest absolute Gasteiger partial charge is 0.131 e. The third-order valence-electron chi connectivity index (χ3n) is 3.53. The largest absolute Gasteiger partial charge is 0.330 e. The number of aryl methyl sites for hydroxylation is 2. The van der Waals surface area contributed by atoms with Crippen molar-refractivity contribution in [3.05, 3.63) is 30.6 Å². The Morgan fingerprint density at radius 1 is 0.750 bits per heavy atom. The Hall–Kier alpha value is -2.65. The summed E-state index contributed by atoms with van der Waals surface area (Å²) < 4.78 is 3.55. The lowest BCUT2D eigenvalue weighted by atomic mass is 10.2. The second-order valence-electron chi connectivity index (χ2n) is 5.43. The molecule has 0 aliphatic rings. The predicted molar refractivity (Wildman–Crippen MR) is 89.6 cm³/mol. The summed E-state index contributed by atoms with van der Waals surface area (Å²) in [4.78, 5) is 4.62. The number of pyridine rings is 1. The van der Waals surface area contributed by atoms with E-state index >= 15 is 0 Å². The molecule has 9 nitrogen and oxygen atoms in total. The van der Waals surface area contributed by atoms with Gasteiger partial charge in [0.15, 0.2) is 0 Å². The van der Waals surface area contributed by atoms with Gasteiger partial charge in [0, 0.05) is 13.1 Å². The molecule has 0 bridgehead atoms. The third-order valence-corrected chi connectivity index (χ3v) is 3.53. The summed E-state index contributed by atoms with van der Waals surface area (Å²) in [5, 5.41) is 16.5. The summed E-state index contributed by atoms with van der Waals surface area (Å²) in [6, 6.07) is 5.73. The Labute approximate surface area is 139 Å². The van der Waals surface area contributed by atoms with Gasteiger partial charge >= 0.3 is 0 Å². The van der Waals surface area contributed by atoms with Crippen LogP contribution in [0, 0.1) is 0 Å². The molecule has 3 heterocycles. The quantitative estimate of drug-likeness (QED) is 0.609. The van der Waals surface area contributed by atoms with Gasteiger partial charge in [-0.3, -0.25) is 9.36 Å². The van der Waals surface area contributed by atoms with E-state index in [0.29, 0.717) is 13.1 Å². The first kappa shape index (κ1) is 16.2. The minimum Gasteiger partial charge on any atom is -0.330 e. The monoisotopic (exact) mass is 327 g/mol. The van der Waals surface area contributed by atoms with Crippen LogP contribution in [0.4, 0.5) is 0 Å². The number of nitrogens with zero attached hydrogens (tertiary/aromatic N) is 7. The van der Waals surface area contributed by atoms with Crippen molar-refractivity contribution in [1.29, 1.82) is 0 Å². The van der Waals surface area contributed by atoms with Gasteiger partial charge in [0.1, 0.15) is 11.4 Å². The summed E-state index contributed by atoms with van der Waals surface area (Å²) in [7, 11) is 0. The number of hydrogen-bond donors (Lipinski definition) is 2. The molecular weight excluding hydrogens is 306 g/mol. The van der Waals surface area contributed by atoms with Crippen molar-refractivity contribution in [2.24, 2.45) is 11.5 Å². The highest BCUT2D eigenvalue weighted by Crippen LogP contribution is 2.19. The highest BCUT2D eigenvalue weighted by atomic mass is 15.4. The number of nitrogens with two attached hydrogens (primary N) is 2. The molecule has 3 aromatic rings. The average molecular weight is 327 g/mol. The lowest BCUT2D eigenvalue weighted by molar-refractivity contribution is 0.564. The highest BCUT2D eigenvalue weighted by Gasteiger charge is 2.10. The van der Waals surface area contributed by atoms with Crippen LogP contribution < -0.4 is 11.5 Å². The van der Waals surface area contributed by atoms with Gasteiger partial charge in [-0.25, -0.2) is 4.98 Å². The van der Waals surface area contributed by atoms with E-state index in [2.05, 4.69) is 25.6 Å². The zero-order chi connectivity index (χ0) is 16.8. The van der Waals surface area contributed by atoms with Gasteiger partial charge in [-0.05, 0) is 38.1 Å². The first-order valence-electron chi connectivity index (χ1n) is 7.98. The standard InChI is InChI=1S/C15H21N9/c16-6-2-8-23-10-14(19-21-23)12-4-1-5-13(18-12)15-11-24(22-20-15)9-3-7-17/h1,4-5,10-11H,2-3,6-9,16-17H2. The van der Waals surface area contributed by atoms with Gasteiger partial charge < -0.3 is 11.5 Å². The fourth-order valence-electron chi connectivity index (χ4n) is 2.28. The molecule has 0 radical (unpaired) electrons. The van der Waals surface area contributed by atoms with Crippen molar-refractivity contribution in [2.45, 2.75) is 25.9 Å². The molecule has 3 aromatic heterocycles. The fourth-order valence-corrected chi connectivity index (χ4v) is 2.28. The Morgan fingerprint density at radius 2 is 1.25 bits per heavy atom. The van der Waals surface area contributed by atoms with Crippen LogP contribution >= 0.6 is 0 Å². The van der Waals surface area contributed by atoms with Crippen LogP contribution in [0.25, 0.3) is 22.8 Å². The molecule has 0 fully saturated rings. The van der Waals surface area contributed by atoms with Crippen LogP contribution in [0.3, 0.4) is 0 Å². The van der Waals surface area contributed by atoms with Crippen LogP contribution in [0.2, 0.25) is 0 Å². The molecule has 0 atom stereocenters. The van der Waals surface area contributed by atoms with Crippen LogP contribution in [0.1, 0.15) is 12.8 Å². The zero-order valence-corrected chi connectivity index (χ0v) is 13.4. The zero-order valence-electron chi connectivity index (χ0n) is 13.4. The second kappa shape index (κ2) is 7.75. The van der Waals surface area contributed by atoms with Gasteiger partial charge in [-0.15, -0.1) is 10.2 Å². The van der Waals surface area contributed by atoms with E-state index in [0.717, 1.165) is 48.7 Å². The van der Waals surface area contributed by atoms with Crippen molar-refractivity contribution in [3.63, 3.8) is 0 Å². The van der Waals surface area contributed by atoms with Gasteiger partial charge in [0.05, 0.1) is 23.8 Å². The molecule has 0 amide bonds. The molecule has 3 rings (SSSR count). The van der Waals surface area contributed by atoms with E-state index in [-0.39, 0.29) is 0 Å². The maximum absolute atomic E-state index is 5.52. The summed E-state index contributed by atoms with van der Waals surface area (Å²) >= 11 is 0.